The van der Waals surface area contributed by atoms with Crippen molar-refractivity contribution in [2.75, 3.05) is 0 Å². The number of aromatic nitrogens is 3. The lowest BCUT2D eigenvalue weighted by Gasteiger charge is -2.02. The van der Waals surface area contributed by atoms with Gasteiger partial charge in [-0.1, -0.05) is 0 Å². The first-order chi connectivity index (χ1) is 5.76. The lowest BCUT2D eigenvalue weighted by atomic mass is 10.1. The van der Waals surface area contributed by atoms with Crippen molar-refractivity contribution in [3.63, 3.8) is 0 Å². The Kier molecular flexibility index (Phi) is 1.40. The van der Waals surface area contributed by atoms with Crippen molar-refractivity contribution >= 4 is 0 Å². The molecule has 2 rings (SSSR count). The third-order valence-corrected chi connectivity index (χ3v) is 2.39. The SMILES string of the molecule is Cn1ncnc1CC1(C#N)CC1. The molecule has 1 heterocycles. The van der Waals surface area contributed by atoms with Crippen LogP contribution in [-0.2, 0) is 13.5 Å². The zero-order chi connectivity index (χ0) is 8.60. The van der Waals surface area contributed by atoms with Gasteiger partial charge in [-0.05, 0) is 12.8 Å². The third kappa shape index (κ3) is 1.07. The minimum atomic E-state index is -0.110. The van der Waals surface area contributed by atoms with E-state index in [2.05, 4.69) is 16.2 Å². The maximum absolute atomic E-state index is 8.84. The van der Waals surface area contributed by atoms with Crippen molar-refractivity contribution in [3.8, 4) is 6.07 Å². The van der Waals surface area contributed by atoms with Crippen LogP contribution in [0.4, 0.5) is 0 Å². The van der Waals surface area contributed by atoms with E-state index in [1.165, 1.54) is 6.33 Å². The number of nitriles is 1. The maximum Gasteiger partial charge on any atom is 0.138 e. The van der Waals surface area contributed by atoms with E-state index in [9.17, 15) is 0 Å². The van der Waals surface area contributed by atoms with Crippen LogP contribution in [-0.4, -0.2) is 14.8 Å². The lowest BCUT2D eigenvalue weighted by Crippen LogP contribution is -2.07. The Labute approximate surface area is 70.8 Å². The molecule has 0 unspecified atom stereocenters. The summed E-state index contributed by atoms with van der Waals surface area (Å²) in [6.07, 6.45) is 4.30. The van der Waals surface area contributed by atoms with Crippen LogP contribution in [0.2, 0.25) is 0 Å². The van der Waals surface area contributed by atoms with Gasteiger partial charge in [-0.15, -0.1) is 0 Å². The Bertz CT molecular complexity index is 329. The summed E-state index contributed by atoms with van der Waals surface area (Å²) < 4.78 is 1.73. The van der Waals surface area contributed by atoms with Gasteiger partial charge in [-0.3, -0.25) is 4.68 Å². The Hall–Kier alpha value is -1.37. The molecule has 0 aromatic carbocycles. The summed E-state index contributed by atoms with van der Waals surface area (Å²) in [4.78, 5) is 4.09. The van der Waals surface area contributed by atoms with Crippen molar-refractivity contribution < 1.29 is 0 Å². The zero-order valence-corrected chi connectivity index (χ0v) is 6.99. The molecule has 1 fully saturated rings. The van der Waals surface area contributed by atoms with Gasteiger partial charge >= 0.3 is 0 Å². The molecule has 1 aliphatic rings. The Morgan fingerprint density at radius 2 is 2.50 bits per heavy atom. The van der Waals surface area contributed by atoms with Gasteiger partial charge in [0.15, 0.2) is 0 Å². The molecule has 0 spiro atoms. The largest absolute Gasteiger partial charge is 0.253 e. The summed E-state index contributed by atoms with van der Waals surface area (Å²) >= 11 is 0. The minimum absolute atomic E-state index is 0.110. The van der Waals surface area contributed by atoms with E-state index in [0.29, 0.717) is 0 Å². The van der Waals surface area contributed by atoms with E-state index < -0.39 is 0 Å². The molecule has 0 amide bonds. The first kappa shape index (κ1) is 7.29. The van der Waals surface area contributed by atoms with Gasteiger partial charge in [0.2, 0.25) is 0 Å². The van der Waals surface area contributed by atoms with Crippen LogP contribution < -0.4 is 0 Å². The molecule has 0 atom stereocenters. The van der Waals surface area contributed by atoms with Gasteiger partial charge in [0.05, 0.1) is 11.5 Å². The number of rotatable bonds is 2. The number of aryl methyl sites for hydroxylation is 1. The van der Waals surface area contributed by atoms with Crippen LogP contribution in [0.1, 0.15) is 18.7 Å². The normalized spacial score (nSPS) is 18.7. The number of hydrogen-bond donors (Lipinski definition) is 0. The summed E-state index contributed by atoms with van der Waals surface area (Å²) in [6.45, 7) is 0. The Balaban J connectivity index is 2.15. The van der Waals surface area contributed by atoms with E-state index in [-0.39, 0.29) is 5.41 Å². The summed E-state index contributed by atoms with van der Waals surface area (Å²) in [7, 11) is 1.86. The molecule has 1 aliphatic carbocycles. The van der Waals surface area contributed by atoms with E-state index in [1.807, 2.05) is 7.05 Å². The Morgan fingerprint density at radius 3 is 2.92 bits per heavy atom. The second kappa shape index (κ2) is 2.31. The number of hydrogen-bond acceptors (Lipinski definition) is 3. The van der Waals surface area contributed by atoms with Gasteiger partial charge in [-0.25, -0.2) is 4.98 Å². The smallest absolute Gasteiger partial charge is 0.138 e. The highest BCUT2D eigenvalue weighted by atomic mass is 15.3. The van der Waals surface area contributed by atoms with Crippen molar-refractivity contribution in [3.05, 3.63) is 12.2 Å². The van der Waals surface area contributed by atoms with Gasteiger partial charge in [0.25, 0.3) is 0 Å². The summed E-state index contributed by atoms with van der Waals surface area (Å²) in [5, 5.41) is 12.8. The third-order valence-electron chi connectivity index (χ3n) is 2.39. The molecule has 1 aromatic rings. The molecular formula is C8H10N4. The van der Waals surface area contributed by atoms with Crippen molar-refractivity contribution in [2.24, 2.45) is 12.5 Å². The molecule has 0 bridgehead atoms. The summed E-state index contributed by atoms with van der Waals surface area (Å²) in [5.74, 6) is 0.911. The van der Waals surface area contributed by atoms with E-state index in [0.717, 1.165) is 25.1 Å². The quantitative estimate of drug-likeness (QED) is 0.642. The van der Waals surface area contributed by atoms with Crippen LogP contribution in [0.5, 0.6) is 0 Å². The average Bonchev–Trinajstić information content (AvgIpc) is 2.74. The molecule has 0 N–H and O–H groups in total. The van der Waals surface area contributed by atoms with Crippen LogP contribution >= 0.6 is 0 Å². The molecule has 4 heteroatoms. The van der Waals surface area contributed by atoms with Crippen molar-refractivity contribution in [2.45, 2.75) is 19.3 Å². The van der Waals surface area contributed by atoms with Crippen molar-refractivity contribution in [1.29, 1.82) is 5.26 Å². The summed E-state index contributed by atoms with van der Waals surface area (Å²) in [5.41, 5.74) is -0.110. The maximum atomic E-state index is 8.84. The van der Waals surface area contributed by atoms with E-state index in [4.69, 9.17) is 5.26 Å². The molecule has 0 radical (unpaired) electrons. The zero-order valence-electron chi connectivity index (χ0n) is 6.99. The van der Waals surface area contributed by atoms with Gasteiger partial charge < -0.3 is 0 Å². The second-order valence-corrected chi connectivity index (χ2v) is 3.37. The highest BCUT2D eigenvalue weighted by Gasteiger charge is 2.44. The average molecular weight is 162 g/mol. The molecular weight excluding hydrogens is 152 g/mol. The monoisotopic (exact) mass is 162 g/mol. The van der Waals surface area contributed by atoms with E-state index in [1.54, 1.807) is 4.68 Å². The topological polar surface area (TPSA) is 54.5 Å². The fraction of sp³-hybridized carbons (Fsp3) is 0.625. The second-order valence-electron chi connectivity index (χ2n) is 3.37. The molecule has 62 valence electrons. The fourth-order valence-corrected chi connectivity index (χ4v) is 1.26. The predicted octanol–water partition coefficient (Wildman–Crippen LogP) is 0.661. The summed E-state index contributed by atoms with van der Waals surface area (Å²) in [6, 6.07) is 2.34. The fourth-order valence-electron chi connectivity index (χ4n) is 1.26. The highest BCUT2D eigenvalue weighted by molar-refractivity contribution is 5.14. The molecule has 4 nitrogen and oxygen atoms in total. The van der Waals surface area contributed by atoms with Gasteiger partial charge in [-0.2, -0.15) is 10.4 Å². The molecule has 0 saturated heterocycles. The number of nitrogens with zero attached hydrogens (tertiary/aromatic N) is 4. The molecule has 1 saturated carbocycles. The van der Waals surface area contributed by atoms with Gasteiger partial charge in [0, 0.05) is 13.5 Å². The van der Waals surface area contributed by atoms with E-state index >= 15 is 0 Å². The first-order valence-electron chi connectivity index (χ1n) is 4.00. The van der Waals surface area contributed by atoms with Crippen molar-refractivity contribution in [1.82, 2.24) is 14.8 Å². The van der Waals surface area contributed by atoms with Crippen LogP contribution in [0.3, 0.4) is 0 Å². The lowest BCUT2D eigenvalue weighted by molar-refractivity contribution is 0.592. The Morgan fingerprint density at radius 1 is 1.75 bits per heavy atom. The van der Waals surface area contributed by atoms with Crippen LogP contribution in [0.15, 0.2) is 6.33 Å². The molecule has 1 aromatic heterocycles. The first-order valence-corrected chi connectivity index (χ1v) is 4.00. The standard InChI is InChI=1S/C8H10N4/c1-12-7(10-6-11-12)4-8(5-9)2-3-8/h6H,2-4H2,1H3. The molecule has 0 aliphatic heterocycles. The predicted molar refractivity (Wildman–Crippen MR) is 42.0 cm³/mol. The molecule has 12 heavy (non-hydrogen) atoms. The van der Waals surface area contributed by atoms with Gasteiger partial charge in [0.1, 0.15) is 12.2 Å². The van der Waals surface area contributed by atoms with Crippen LogP contribution in [0, 0.1) is 16.7 Å². The minimum Gasteiger partial charge on any atom is -0.253 e. The van der Waals surface area contributed by atoms with Crippen LogP contribution in [0.25, 0.3) is 0 Å². The highest BCUT2D eigenvalue weighted by Crippen LogP contribution is 2.47.